The largest absolute Gasteiger partial charge is 0.411 e. The van der Waals surface area contributed by atoms with E-state index >= 15 is 0 Å². The van der Waals surface area contributed by atoms with Crippen LogP contribution in [-0.2, 0) is 0 Å². The lowest BCUT2D eigenvalue weighted by molar-refractivity contribution is -0.220. The second kappa shape index (κ2) is 4.50. The zero-order chi connectivity index (χ0) is 14.4. The predicted molar refractivity (Wildman–Crippen MR) is 68.2 cm³/mol. The highest BCUT2D eigenvalue weighted by atomic mass is 19.4. The zero-order valence-electron chi connectivity index (χ0n) is 11.0. The lowest BCUT2D eigenvalue weighted by Crippen LogP contribution is -2.57. The molecule has 0 aromatic heterocycles. The van der Waals surface area contributed by atoms with Gasteiger partial charge >= 0.3 is 6.18 Å². The van der Waals surface area contributed by atoms with Crippen molar-refractivity contribution in [3.63, 3.8) is 0 Å². The zero-order valence-corrected chi connectivity index (χ0v) is 11.0. The van der Waals surface area contributed by atoms with Gasteiger partial charge in [-0.1, -0.05) is 24.6 Å². The topological polar surface area (TPSA) is 20.3 Å². The Morgan fingerprint density at radius 3 is 2.60 bits per heavy atom. The average Bonchev–Trinajstić information content (AvgIpc) is 2.70. The molecular formula is C15H16F3NO. The normalized spacial score (nSPS) is 29.6. The fourth-order valence-corrected chi connectivity index (χ4v) is 3.62. The third kappa shape index (κ3) is 1.91. The van der Waals surface area contributed by atoms with Gasteiger partial charge in [0, 0.05) is 12.1 Å². The van der Waals surface area contributed by atoms with Crippen LogP contribution < -0.4 is 0 Å². The number of hydrogen-bond acceptors (Lipinski definition) is 1. The molecule has 1 aliphatic heterocycles. The molecule has 5 heteroatoms. The molecule has 20 heavy (non-hydrogen) atoms. The SMILES string of the molecule is O=C(c1ccccc1)N1CC2CCCC1(C(F)(F)F)C2. The van der Waals surface area contributed by atoms with E-state index in [1.807, 2.05) is 0 Å². The summed E-state index contributed by atoms with van der Waals surface area (Å²) in [6.07, 6.45) is -2.92. The number of nitrogens with zero attached hydrogens (tertiary/aromatic N) is 1. The van der Waals surface area contributed by atoms with Gasteiger partial charge in [0.25, 0.3) is 5.91 Å². The molecule has 2 unspecified atom stereocenters. The van der Waals surface area contributed by atoms with Gasteiger partial charge in [-0.05, 0) is 37.3 Å². The summed E-state index contributed by atoms with van der Waals surface area (Å²) < 4.78 is 40.7. The van der Waals surface area contributed by atoms with E-state index < -0.39 is 17.6 Å². The van der Waals surface area contributed by atoms with Crippen molar-refractivity contribution in [1.29, 1.82) is 0 Å². The Hall–Kier alpha value is -1.52. The Kier molecular flexibility index (Phi) is 3.03. The second-order valence-electron chi connectivity index (χ2n) is 5.77. The van der Waals surface area contributed by atoms with Crippen molar-refractivity contribution in [3.05, 3.63) is 35.9 Å². The first kappa shape index (κ1) is 13.5. The number of alkyl halides is 3. The lowest BCUT2D eigenvalue weighted by atomic mass is 9.79. The minimum Gasteiger partial charge on any atom is -0.324 e. The van der Waals surface area contributed by atoms with Crippen LogP contribution in [0.1, 0.15) is 36.0 Å². The molecule has 2 aliphatic rings. The van der Waals surface area contributed by atoms with Gasteiger partial charge in [-0.15, -0.1) is 0 Å². The number of rotatable bonds is 1. The maximum atomic E-state index is 13.6. The summed E-state index contributed by atoms with van der Waals surface area (Å²) in [7, 11) is 0. The van der Waals surface area contributed by atoms with Crippen molar-refractivity contribution in [2.75, 3.05) is 6.54 Å². The Bertz CT molecular complexity index is 514. The molecule has 108 valence electrons. The Morgan fingerprint density at radius 1 is 1.25 bits per heavy atom. The first-order valence-electron chi connectivity index (χ1n) is 6.88. The van der Waals surface area contributed by atoms with Crippen LogP contribution in [0.5, 0.6) is 0 Å². The summed E-state index contributed by atoms with van der Waals surface area (Å²) in [6, 6.07) is 8.26. The number of halogens is 3. The summed E-state index contributed by atoms with van der Waals surface area (Å²) in [5, 5.41) is 0. The van der Waals surface area contributed by atoms with Crippen LogP contribution in [0.25, 0.3) is 0 Å². The molecule has 3 rings (SSSR count). The molecule has 2 bridgehead atoms. The molecule has 2 nitrogen and oxygen atoms in total. The third-order valence-corrected chi connectivity index (χ3v) is 4.58. The van der Waals surface area contributed by atoms with E-state index in [4.69, 9.17) is 0 Å². The van der Waals surface area contributed by atoms with E-state index in [1.54, 1.807) is 30.3 Å². The summed E-state index contributed by atoms with van der Waals surface area (Å²) in [5.41, 5.74) is -1.60. The van der Waals surface area contributed by atoms with E-state index in [0.717, 1.165) is 11.3 Å². The fourth-order valence-electron chi connectivity index (χ4n) is 3.62. The minimum absolute atomic E-state index is 0.0157. The van der Waals surface area contributed by atoms with Gasteiger partial charge < -0.3 is 4.90 Å². The highest BCUT2D eigenvalue weighted by Crippen LogP contribution is 2.52. The number of amides is 1. The average molecular weight is 283 g/mol. The van der Waals surface area contributed by atoms with Crippen LogP contribution in [0, 0.1) is 5.92 Å². The minimum atomic E-state index is -4.35. The molecule has 0 N–H and O–H groups in total. The molecule has 1 amide bonds. The Labute approximate surface area is 115 Å². The van der Waals surface area contributed by atoms with Crippen molar-refractivity contribution in [3.8, 4) is 0 Å². The Balaban J connectivity index is 1.98. The van der Waals surface area contributed by atoms with Crippen LogP contribution in [0.15, 0.2) is 30.3 Å². The summed E-state index contributed by atoms with van der Waals surface area (Å²) in [6.45, 7) is 0.229. The molecule has 1 aromatic rings. The van der Waals surface area contributed by atoms with Crippen LogP contribution in [0.3, 0.4) is 0 Å². The molecule has 1 aliphatic carbocycles. The van der Waals surface area contributed by atoms with E-state index in [1.165, 1.54) is 0 Å². The first-order valence-corrected chi connectivity index (χ1v) is 6.88. The molecule has 1 saturated carbocycles. The van der Waals surface area contributed by atoms with Crippen molar-refractivity contribution in [2.45, 2.75) is 37.4 Å². The molecule has 0 spiro atoms. The Morgan fingerprint density at radius 2 is 1.95 bits per heavy atom. The maximum absolute atomic E-state index is 13.6. The highest BCUT2D eigenvalue weighted by Gasteiger charge is 2.64. The summed E-state index contributed by atoms with van der Waals surface area (Å²) in [5.74, 6) is -0.509. The van der Waals surface area contributed by atoms with Crippen molar-refractivity contribution >= 4 is 5.91 Å². The number of carbonyl (C=O) groups excluding carboxylic acids is 1. The maximum Gasteiger partial charge on any atom is 0.411 e. The van der Waals surface area contributed by atoms with Crippen molar-refractivity contribution in [1.82, 2.24) is 4.90 Å². The van der Waals surface area contributed by atoms with Gasteiger partial charge in [0.2, 0.25) is 0 Å². The highest BCUT2D eigenvalue weighted by molar-refractivity contribution is 5.95. The van der Waals surface area contributed by atoms with Crippen LogP contribution in [0.2, 0.25) is 0 Å². The van der Waals surface area contributed by atoms with E-state index in [2.05, 4.69) is 0 Å². The molecule has 2 atom stereocenters. The summed E-state index contributed by atoms with van der Waals surface area (Å²) >= 11 is 0. The number of benzene rings is 1. The van der Waals surface area contributed by atoms with Gasteiger partial charge in [-0.2, -0.15) is 13.2 Å². The number of likely N-dealkylation sites (tertiary alicyclic amines) is 1. The standard InChI is InChI=1S/C15H16F3NO/c16-15(17,18)14-8-4-5-11(9-14)10-19(14)13(20)12-6-2-1-3-7-12/h1-3,6-7,11H,4-5,8-10H2. The van der Waals surface area contributed by atoms with Crippen molar-refractivity contribution in [2.24, 2.45) is 5.92 Å². The van der Waals surface area contributed by atoms with E-state index in [0.29, 0.717) is 12.0 Å². The van der Waals surface area contributed by atoms with Gasteiger partial charge in [0.15, 0.2) is 0 Å². The first-order chi connectivity index (χ1) is 9.44. The molecular weight excluding hydrogens is 267 g/mol. The quantitative estimate of drug-likeness (QED) is 0.770. The molecule has 1 saturated heterocycles. The smallest absolute Gasteiger partial charge is 0.324 e. The van der Waals surface area contributed by atoms with E-state index in [-0.39, 0.29) is 25.3 Å². The predicted octanol–water partition coefficient (Wildman–Crippen LogP) is 3.63. The monoisotopic (exact) mass is 283 g/mol. The van der Waals surface area contributed by atoms with Crippen LogP contribution in [-0.4, -0.2) is 29.1 Å². The molecule has 1 heterocycles. The molecule has 0 radical (unpaired) electrons. The fraction of sp³-hybridized carbons (Fsp3) is 0.533. The van der Waals surface area contributed by atoms with Gasteiger partial charge in [0.1, 0.15) is 5.54 Å². The van der Waals surface area contributed by atoms with Crippen LogP contribution in [0.4, 0.5) is 13.2 Å². The van der Waals surface area contributed by atoms with Gasteiger partial charge in [-0.25, -0.2) is 0 Å². The molecule has 1 aromatic carbocycles. The number of hydrogen-bond donors (Lipinski definition) is 0. The van der Waals surface area contributed by atoms with Crippen molar-refractivity contribution < 1.29 is 18.0 Å². The van der Waals surface area contributed by atoms with E-state index in [9.17, 15) is 18.0 Å². The lowest BCUT2D eigenvalue weighted by Gasteiger charge is -2.41. The number of fused-ring (bicyclic) bond motifs is 2. The third-order valence-electron chi connectivity index (χ3n) is 4.58. The van der Waals surface area contributed by atoms with Crippen LogP contribution >= 0.6 is 0 Å². The van der Waals surface area contributed by atoms with Gasteiger partial charge in [-0.3, -0.25) is 4.79 Å². The molecule has 2 fully saturated rings. The van der Waals surface area contributed by atoms with Gasteiger partial charge in [0.05, 0.1) is 0 Å². The number of carbonyl (C=O) groups is 1. The summed E-state index contributed by atoms with van der Waals surface area (Å²) in [4.78, 5) is 13.6. The second-order valence-corrected chi connectivity index (χ2v) is 5.77.